The fourth-order valence-corrected chi connectivity index (χ4v) is 4.26. The molecule has 0 aliphatic carbocycles. The molecule has 0 unspecified atom stereocenters. The molecule has 0 fully saturated rings. The van der Waals surface area contributed by atoms with Crippen LogP contribution in [0.4, 0.5) is 5.69 Å². The number of rotatable bonds is 6. The molecule has 0 aliphatic rings. The number of carbonyl (C=O) groups is 2. The van der Waals surface area contributed by atoms with Crippen molar-refractivity contribution < 1.29 is 14.3 Å². The van der Waals surface area contributed by atoms with Crippen molar-refractivity contribution >= 4 is 56.6 Å². The first kappa shape index (κ1) is 20.1. The lowest BCUT2D eigenvalue weighted by Crippen LogP contribution is -2.21. The lowest BCUT2D eigenvalue weighted by molar-refractivity contribution is -0.119. The molecule has 3 aromatic rings. The number of hydrogen-bond donors (Lipinski definition) is 1. The molecular formula is C20H13BrN2O3S2. The monoisotopic (exact) mass is 472 g/mol. The molecule has 8 heteroatoms. The largest absolute Gasteiger partial charge is 0.451 e. The topological polar surface area (TPSA) is 79.2 Å². The second kappa shape index (κ2) is 9.55. The number of ether oxygens (including phenoxy) is 1. The van der Waals surface area contributed by atoms with Crippen LogP contribution in [0.2, 0.25) is 0 Å². The van der Waals surface area contributed by atoms with Gasteiger partial charge in [-0.2, -0.15) is 5.26 Å². The van der Waals surface area contributed by atoms with Crippen LogP contribution in [0.3, 0.4) is 0 Å². The normalized spacial score (nSPS) is 10.1. The second-order valence-corrected chi connectivity index (χ2v) is 8.12. The second-order valence-electron chi connectivity index (χ2n) is 5.49. The summed E-state index contributed by atoms with van der Waals surface area (Å²) in [6.07, 6.45) is 0. The maximum atomic E-state index is 12.4. The Hall–Kier alpha value is -2.60. The van der Waals surface area contributed by atoms with Gasteiger partial charge in [0.05, 0.1) is 5.69 Å². The van der Waals surface area contributed by atoms with E-state index in [4.69, 9.17) is 10.00 Å². The van der Waals surface area contributed by atoms with Crippen LogP contribution in [0.5, 0.6) is 0 Å². The zero-order valence-electron chi connectivity index (χ0n) is 14.3. The van der Waals surface area contributed by atoms with E-state index in [0.29, 0.717) is 15.0 Å². The number of halogens is 1. The van der Waals surface area contributed by atoms with Gasteiger partial charge in [0.25, 0.3) is 5.91 Å². The molecule has 0 spiro atoms. The molecule has 0 aliphatic heterocycles. The fraction of sp³-hybridized carbons (Fsp3) is 0.0500. The maximum Gasteiger partial charge on any atom is 0.349 e. The number of thiophene rings is 1. The lowest BCUT2D eigenvalue weighted by Gasteiger charge is -2.09. The molecule has 28 heavy (non-hydrogen) atoms. The van der Waals surface area contributed by atoms with Gasteiger partial charge in [0.2, 0.25) is 0 Å². The summed E-state index contributed by atoms with van der Waals surface area (Å²) >= 11 is 5.65. The number of esters is 1. The molecule has 5 nitrogen and oxygen atoms in total. The van der Waals surface area contributed by atoms with Crippen LogP contribution in [-0.2, 0) is 9.53 Å². The Morgan fingerprint density at radius 2 is 1.96 bits per heavy atom. The van der Waals surface area contributed by atoms with Crippen molar-refractivity contribution in [3.05, 3.63) is 69.3 Å². The average Bonchev–Trinajstić information content (AvgIpc) is 3.19. The highest BCUT2D eigenvalue weighted by Crippen LogP contribution is 2.29. The number of nitrogens with zero attached hydrogens (tertiary/aromatic N) is 1. The van der Waals surface area contributed by atoms with E-state index < -0.39 is 18.5 Å². The van der Waals surface area contributed by atoms with Crippen LogP contribution in [0.15, 0.2) is 69.3 Å². The molecule has 0 bridgehead atoms. The Morgan fingerprint density at radius 3 is 2.68 bits per heavy atom. The molecule has 0 saturated carbocycles. The van der Waals surface area contributed by atoms with E-state index in [1.807, 2.05) is 47.2 Å². The Labute approximate surface area is 178 Å². The summed E-state index contributed by atoms with van der Waals surface area (Å²) in [5, 5.41) is 15.2. The van der Waals surface area contributed by atoms with Crippen LogP contribution in [0, 0.1) is 10.7 Å². The highest BCUT2D eigenvalue weighted by atomic mass is 79.9. The van der Waals surface area contributed by atoms with E-state index in [1.165, 1.54) is 11.3 Å². The van der Waals surface area contributed by atoms with Crippen molar-refractivity contribution in [2.45, 2.75) is 4.90 Å². The minimum atomic E-state index is -0.538. The Kier molecular flexibility index (Phi) is 6.87. The first-order valence-corrected chi connectivity index (χ1v) is 10.5. The third-order valence-corrected chi connectivity index (χ3v) is 5.78. The van der Waals surface area contributed by atoms with E-state index >= 15 is 0 Å². The van der Waals surface area contributed by atoms with Gasteiger partial charge in [-0.25, -0.2) is 4.79 Å². The predicted molar refractivity (Wildman–Crippen MR) is 114 cm³/mol. The summed E-state index contributed by atoms with van der Waals surface area (Å²) in [6, 6.07) is 16.5. The molecule has 1 N–H and O–H groups in total. The zero-order valence-corrected chi connectivity index (χ0v) is 17.6. The van der Waals surface area contributed by atoms with Crippen LogP contribution in [-0.4, -0.2) is 18.5 Å². The number of thioether (sulfide) groups is 1. The average molecular weight is 473 g/mol. The molecule has 1 aromatic heterocycles. The zero-order chi connectivity index (χ0) is 19.9. The molecule has 1 heterocycles. The van der Waals surface area contributed by atoms with E-state index in [2.05, 4.69) is 21.2 Å². The van der Waals surface area contributed by atoms with Gasteiger partial charge in [0.15, 0.2) is 6.61 Å². The van der Waals surface area contributed by atoms with Gasteiger partial charge in [-0.3, -0.25) is 4.79 Å². The quantitative estimate of drug-likeness (QED) is 0.289. The van der Waals surface area contributed by atoms with Crippen molar-refractivity contribution in [1.29, 1.82) is 5.26 Å². The summed E-state index contributed by atoms with van der Waals surface area (Å²) in [6.45, 7) is -0.397. The van der Waals surface area contributed by atoms with Gasteiger partial charge >= 0.3 is 5.97 Å². The molecule has 140 valence electrons. The lowest BCUT2D eigenvalue weighted by atomic mass is 10.1. The van der Waals surface area contributed by atoms with Gasteiger partial charge in [0, 0.05) is 14.9 Å². The van der Waals surface area contributed by atoms with Gasteiger partial charge in [0.1, 0.15) is 10.3 Å². The summed E-state index contributed by atoms with van der Waals surface area (Å²) < 4.78 is 5.82. The van der Waals surface area contributed by atoms with Crippen molar-refractivity contribution in [1.82, 2.24) is 0 Å². The molecular weight excluding hydrogens is 460 g/mol. The number of amides is 1. The van der Waals surface area contributed by atoms with Crippen LogP contribution in [0.25, 0.3) is 11.1 Å². The van der Waals surface area contributed by atoms with Crippen LogP contribution >= 0.6 is 39.0 Å². The predicted octanol–water partition coefficient (Wildman–Crippen LogP) is 5.55. The highest BCUT2D eigenvalue weighted by molar-refractivity contribution is 9.10. The SMILES string of the molecule is N#CSc1ccc(NC(=O)COC(=O)c2sccc2-c2ccccc2)c(Br)c1. The van der Waals surface area contributed by atoms with Crippen molar-refractivity contribution in [3.8, 4) is 16.5 Å². The Balaban J connectivity index is 1.61. The Bertz CT molecular complexity index is 1050. The number of nitriles is 1. The standard InChI is InChI=1S/C20H13BrN2O3S2/c21-16-10-14(28-12-22)6-7-17(16)23-18(24)11-26-20(25)19-15(8-9-27-19)13-4-2-1-3-5-13/h1-10H,11H2,(H,23,24). The van der Waals surface area contributed by atoms with Gasteiger partial charge < -0.3 is 10.1 Å². The molecule has 0 atom stereocenters. The molecule has 0 saturated heterocycles. The molecule has 2 aromatic carbocycles. The number of hydrogen-bond acceptors (Lipinski definition) is 6. The number of carbonyl (C=O) groups excluding carboxylic acids is 2. The number of benzene rings is 2. The number of nitrogens with one attached hydrogen (secondary N) is 1. The van der Waals surface area contributed by atoms with Crippen molar-refractivity contribution in [2.24, 2.45) is 0 Å². The molecule has 1 amide bonds. The van der Waals surface area contributed by atoms with Gasteiger partial charge in [-0.1, -0.05) is 30.3 Å². The summed E-state index contributed by atoms with van der Waals surface area (Å²) in [4.78, 5) is 25.8. The first-order valence-electron chi connectivity index (χ1n) is 8.04. The first-order chi connectivity index (χ1) is 13.6. The highest BCUT2D eigenvalue weighted by Gasteiger charge is 2.17. The molecule has 0 radical (unpaired) electrons. The van der Waals surface area contributed by atoms with Crippen molar-refractivity contribution in [2.75, 3.05) is 11.9 Å². The van der Waals surface area contributed by atoms with E-state index in [9.17, 15) is 9.59 Å². The summed E-state index contributed by atoms with van der Waals surface area (Å²) in [7, 11) is 0. The van der Waals surface area contributed by atoms with Crippen LogP contribution < -0.4 is 5.32 Å². The smallest absolute Gasteiger partial charge is 0.349 e. The maximum absolute atomic E-state index is 12.4. The third-order valence-electron chi connectivity index (χ3n) is 3.65. The van der Waals surface area contributed by atoms with E-state index in [0.717, 1.165) is 27.8 Å². The molecule has 3 rings (SSSR count). The number of anilines is 1. The summed E-state index contributed by atoms with van der Waals surface area (Å²) in [5.74, 6) is -0.989. The van der Waals surface area contributed by atoms with Gasteiger partial charge in [-0.15, -0.1) is 11.3 Å². The van der Waals surface area contributed by atoms with Gasteiger partial charge in [-0.05, 0) is 62.9 Å². The minimum absolute atomic E-state index is 0.397. The minimum Gasteiger partial charge on any atom is -0.451 e. The number of thiocyanates is 1. The van der Waals surface area contributed by atoms with Crippen molar-refractivity contribution in [3.63, 3.8) is 0 Å². The fourth-order valence-electron chi connectivity index (χ4n) is 2.41. The summed E-state index contributed by atoms with van der Waals surface area (Å²) in [5.41, 5.74) is 2.23. The van der Waals surface area contributed by atoms with Crippen LogP contribution in [0.1, 0.15) is 9.67 Å². The van der Waals surface area contributed by atoms with E-state index in [1.54, 1.807) is 18.2 Å². The Morgan fingerprint density at radius 1 is 1.18 bits per heavy atom. The third kappa shape index (κ3) is 5.01. The van der Waals surface area contributed by atoms with E-state index in [-0.39, 0.29) is 0 Å².